The van der Waals surface area contributed by atoms with E-state index in [2.05, 4.69) is 23.6 Å². The minimum Gasteiger partial charge on any atom is -0.497 e. The maximum Gasteiger partial charge on any atom is 0.164 e. The molecule has 1 aliphatic carbocycles. The van der Waals surface area contributed by atoms with E-state index in [-0.39, 0.29) is 11.8 Å². The summed E-state index contributed by atoms with van der Waals surface area (Å²) in [6.07, 6.45) is 4.69. The van der Waals surface area contributed by atoms with Gasteiger partial charge in [0, 0.05) is 23.9 Å². The van der Waals surface area contributed by atoms with E-state index in [0.29, 0.717) is 6.42 Å². The lowest BCUT2D eigenvalue weighted by Crippen LogP contribution is -2.15. The van der Waals surface area contributed by atoms with Crippen LogP contribution in [0.15, 0.2) is 36.5 Å². The Labute approximate surface area is 119 Å². The van der Waals surface area contributed by atoms with Crippen LogP contribution in [0.3, 0.4) is 0 Å². The van der Waals surface area contributed by atoms with Crippen molar-refractivity contribution in [1.29, 1.82) is 0 Å². The molecule has 1 atom stereocenters. The fourth-order valence-corrected chi connectivity index (χ4v) is 2.95. The van der Waals surface area contributed by atoms with Crippen molar-refractivity contribution in [3.8, 4) is 5.75 Å². The number of rotatable bonds is 3. The van der Waals surface area contributed by atoms with Crippen LogP contribution in [0.25, 0.3) is 0 Å². The Hall–Kier alpha value is -2.03. The summed E-state index contributed by atoms with van der Waals surface area (Å²) in [6.45, 7) is 2.17. The Balaban J connectivity index is 1.94. The van der Waals surface area contributed by atoms with Crippen molar-refractivity contribution in [2.75, 3.05) is 7.11 Å². The molecule has 0 spiro atoms. The second-order valence-corrected chi connectivity index (χ2v) is 5.31. The van der Waals surface area contributed by atoms with Crippen LogP contribution in [0.1, 0.15) is 47.4 Å². The van der Waals surface area contributed by atoms with Crippen molar-refractivity contribution >= 4 is 5.78 Å². The highest BCUT2D eigenvalue weighted by Crippen LogP contribution is 2.28. The van der Waals surface area contributed by atoms with Gasteiger partial charge in [0.05, 0.1) is 13.2 Å². The molecule has 3 rings (SSSR count). The van der Waals surface area contributed by atoms with Gasteiger partial charge in [0.1, 0.15) is 5.75 Å². The molecule has 0 bridgehead atoms. The Morgan fingerprint density at radius 1 is 1.15 bits per heavy atom. The predicted octanol–water partition coefficient (Wildman–Crippen LogP) is 3.63. The Morgan fingerprint density at radius 2 is 1.90 bits per heavy atom. The average molecular weight is 269 g/mol. The van der Waals surface area contributed by atoms with Gasteiger partial charge in [-0.15, -0.1) is 0 Å². The summed E-state index contributed by atoms with van der Waals surface area (Å²) in [7, 11) is 1.67. The number of fused-ring (bicyclic) bond motifs is 1. The highest BCUT2D eigenvalue weighted by atomic mass is 16.5. The molecule has 0 saturated heterocycles. The highest BCUT2D eigenvalue weighted by molar-refractivity contribution is 5.98. The van der Waals surface area contributed by atoms with Crippen molar-refractivity contribution in [3.05, 3.63) is 53.3 Å². The molecule has 0 fully saturated rings. The van der Waals surface area contributed by atoms with Crippen molar-refractivity contribution < 1.29 is 9.53 Å². The molecular weight excluding hydrogens is 250 g/mol. The van der Waals surface area contributed by atoms with E-state index in [0.717, 1.165) is 24.2 Å². The Kier molecular flexibility index (Phi) is 3.35. The first-order valence-electron chi connectivity index (χ1n) is 7.07. The van der Waals surface area contributed by atoms with E-state index in [4.69, 9.17) is 4.74 Å². The number of ketones is 1. The number of hydrogen-bond acceptors (Lipinski definition) is 2. The van der Waals surface area contributed by atoms with Crippen molar-refractivity contribution in [3.63, 3.8) is 0 Å². The summed E-state index contributed by atoms with van der Waals surface area (Å²) in [4.78, 5) is 11.9. The van der Waals surface area contributed by atoms with Gasteiger partial charge in [-0.05, 0) is 43.5 Å². The summed E-state index contributed by atoms with van der Waals surface area (Å²) in [5.41, 5.74) is 3.32. The molecule has 0 aliphatic heterocycles. The number of nitrogens with zero attached hydrogens (tertiary/aromatic N) is 1. The fourth-order valence-electron chi connectivity index (χ4n) is 2.95. The van der Waals surface area contributed by atoms with Crippen LogP contribution in [0.2, 0.25) is 0 Å². The van der Waals surface area contributed by atoms with Crippen molar-refractivity contribution in [2.45, 2.75) is 32.2 Å². The number of aromatic nitrogens is 1. The van der Waals surface area contributed by atoms with Crippen LogP contribution < -0.4 is 4.74 Å². The minimum absolute atomic E-state index is 0.232. The van der Waals surface area contributed by atoms with Crippen LogP contribution in [0.4, 0.5) is 0 Å². The third-order valence-electron chi connectivity index (χ3n) is 4.16. The fraction of sp³-hybridized carbons (Fsp3) is 0.353. The van der Waals surface area contributed by atoms with E-state index in [1.165, 1.54) is 11.3 Å². The predicted molar refractivity (Wildman–Crippen MR) is 78.5 cm³/mol. The molecule has 1 aromatic heterocycles. The Morgan fingerprint density at radius 3 is 2.60 bits per heavy atom. The molecule has 3 heteroatoms. The zero-order chi connectivity index (χ0) is 14.1. The van der Waals surface area contributed by atoms with E-state index in [9.17, 15) is 4.79 Å². The van der Waals surface area contributed by atoms with Crippen LogP contribution in [-0.2, 0) is 6.42 Å². The largest absolute Gasteiger partial charge is 0.497 e. The van der Waals surface area contributed by atoms with Gasteiger partial charge in [-0.25, -0.2) is 0 Å². The second-order valence-electron chi connectivity index (χ2n) is 5.31. The third kappa shape index (κ3) is 2.13. The molecule has 2 aromatic rings. The normalized spacial score (nSPS) is 15.8. The monoisotopic (exact) mass is 269 g/mol. The third-order valence-corrected chi connectivity index (χ3v) is 4.16. The maximum atomic E-state index is 11.9. The summed E-state index contributed by atoms with van der Waals surface area (Å²) >= 11 is 0. The molecule has 20 heavy (non-hydrogen) atoms. The van der Waals surface area contributed by atoms with E-state index >= 15 is 0 Å². The van der Waals surface area contributed by atoms with Gasteiger partial charge < -0.3 is 9.30 Å². The van der Waals surface area contributed by atoms with Crippen LogP contribution in [-0.4, -0.2) is 17.5 Å². The number of hydrogen-bond donors (Lipinski definition) is 0. The van der Waals surface area contributed by atoms with Gasteiger partial charge in [-0.3, -0.25) is 4.79 Å². The molecule has 1 heterocycles. The van der Waals surface area contributed by atoms with Gasteiger partial charge in [-0.2, -0.15) is 0 Å². The molecule has 0 N–H and O–H groups in total. The van der Waals surface area contributed by atoms with Gasteiger partial charge in [0.15, 0.2) is 5.78 Å². The van der Waals surface area contributed by atoms with Crippen molar-refractivity contribution in [1.82, 2.24) is 4.57 Å². The molecule has 1 unspecified atom stereocenters. The first-order valence-corrected chi connectivity index (χ1v) is 7.07. The highest BCUT2D eigenvalue weighted by Gasteiger charge is 2.22. The first kappa shape index (κ1) is 13.0. The SMILES string of the molecule is COc1ccc(C(C)n2ccc3c2CCCC3=O)cc1. The van der Waals surface area contributed by atoms with Gasteiger partial charge >= 0.3 is 0 Å². The maximum absolute atomic E-state index is 11.9. The molecule has 0 saturated carbocycles. The summed E-state index contributed by atoms with van der Waals surface area (Å²) in [5.74, 6) is 1.15. The first-order chi connectivity index (χ1) is 9.70. The summed E-state index contributed by atoms with van der Waals surface area (Å²) in [6, 6.07) is 10.3. The lowest BCUT2D eigenvalue weighted by Gasteiger charge is -2.21. The number of methoxy groups -OCH3 is 1. The standard InChI is InChI=1S/C17H19NO2/c1-12(13-6-8-14(20-2)9-7-13)18-11-10-15-16(18)4-3-5-17(15)19/h6-12H,3-5H2,1-2H3. The average Bonchev–Trinajstić information content (AvgIpc) is 2.92. The van der Waals surface area contributed by atoms with Crippen LogP contribution >= 0.6 is 0 Å². The topological polar surface area (TPSA) is 31.2 Å². The van der Waals surface area contributed by atoms with Crippen molar-refractivity contribution in [2.24, 2.45) is 0 Å². The molecule has 0 amide bonds. The number of carbonyl (C=O) groups is 1. The summed E-state index contributed by atoms with van der Waals surface area (Å²) < 4.78 is 7.42. The van der Waals surface area contributed by atoms with E-state index in [1.807, 2.05) is 24.4 Å². The van der Waals surface area contributed by atoms with Gasteiger partial charge in [-0.1, -0.05) is 12.1 Å². The Bertz CT molecular complexity index is 625. The zero-order valence-corrected chi connectivity index (χ0v) is 11.9. The molecule has 1 aliphatic rings. The molecule has 1 aromatic carbocycles. The number of ether oxygens (including phenoxy) is 1. The number of benzene rings is 1. The second kappa shape index (κ2) is 5.16. The summed E-state index contributed by atoms with van der Waals surface area (Å²) in [5, 5.41) is 0. The van der Waals surface area contributed by atoms with E-state index < -0.39 is 0 Å². The molecular formula is C17H19NO2. The lowest BCUT2D eigenvalue weighted by atomic mass is 9.96. The quantitative estimate of drug-likeness (QED) is 0.852. The number of carbonyl (C=O) groups excluding carboxylic acids is 1. The zero-order valence-electron chi connectivity index (χ0n) is 11.9. The number of Topliss-reactive ketones (excluding diaryl/α,β-unsaturated/α-hetero) is 1. The van der Waals surface area contributed by atoms with Gasteiger partial charge in [0.25, 0.3) is 0 Å². The molecule has 104 valence electrons. The van der Waals surface area contributed by atoms with Crippen LogP contribution in [0, 0.1) is 0 Å². The molecule has 0 radical (unpaired) electrons. The minimum atomic E-state index is 0.232. The van der Waals surface area contributed by atoms with Crippen LogP contribution in [0.5, 0.6) is 5.75 Å². The van der Waals surface area contributed by atoms with E-state index in [1.54, 1.807) is 7.11 Å². The smallest absolute Gasteiger partial charge is 0.164 e. The van der Waals surface area contributed by atoms with Gasteiger partial charge in [0.2, 0.25) is 0 Å². The molecule has 3 nitrogen and oxygen atoms in total. The lowest BCUT2D eigenvalue weighted by molar-refractivity contribution is 0.0971.